The van der Waals surface area contributed by atoms with Crippen molar-refractivity contribution in [3.05, 3.63) is 11.1 Å². The minimum atomic E-state index is 0.00831. The Morgan fingerprint density at radius 1 is 1.67 bits per heavy atom. The molecule has 0 amide bonds. The molecular formula is C10H17ClN2OS. The lowest BCUT2D eigenvalue weighted by molar-refractivity contribution is 0.199. The van der Waals surface area contributed by atoms with Crippen molar-refractivity contribution >= 4 is 28.1 Å². The van der Waals surface area contributed by atoms with Gasteiger partial charge in [-0.05, 0) is 6.42 Å². The average Bonchev–Trinajstić information content (AvgIpc) is 2.66. The lowest BCUT2D eigenvalue weighted by Crippen LogP contribution is -2.28. The van der Waals surface area contributed by atoms with Crippen LogP contribution in [-0.2, 0) is 11.2 Å². The van der Waals surface area contributed by atoms with Gasteiger partial charge in [-0.2, -0.15) is 0 Å². The fourth-order valence-corrected chi connectivity index (χ4v) is 2.46. The Morgan fingerprint density at radius 2 is 2.40 bits per heavy atom. The summed E-state index contributed by atoms with van der Waals surface area (Å²) in [5, 5.41) is 3.12. The Hall–Kier alpha value is -0.320. The molecule has 0 spiro atoms. The van der Waals surface area contributed by atoms with Gasteiger partial charge in [-0.1, -0.05) is 6.92 Å². The van der Waals surface area contributed by atoms with Gasteiger partial charge in [-0.25, -0.2) is 4.98 Å². The summed E-state index contributed by atoms with van der Waals surface area (Å²) in [5.74, 6) is 0. The van der Waals surface area contributed by atoms with Crippen molar-refractivity contribution in [2.24, 2.45) is 0 Å². The molecular weight excluding hydrogens is 232 g/mol. The highest BCUT2D eigenvalue weighted by Crippen LogP contribution is 2.20. The first-order valence-corrected chi connectivity index (χ1v) is 6.27. The number of rotatable bonds is 6. The van der Waals surface area contributed by atoms with E-state index in [1.54, 1.807) is 18.4 Å². The zero-order valence-corrected chi connectivity index (χ0v) is 10.9. The molecule has 0 N–H and O–H groups in total. The van der Waals surface area contributed by atoms with E-state index in [2.05, 4.69) is 22.2 Å². The first kappa shape index (κ1) is 12.7. The van der Waals surface area contributed by atoms with E-state index in [0.717, 1.165) is 23.8 Å². The third kappa shape index (κ3) is 3.97. The molecule has 1 aromatic rings. The summed E-state index contributed by atoms with van der Waals surface area (Å²) in [4.78, 5) is 6.56. The molecule has 0 radical (unpaired) electrons. The van der Waals surface area contributed by atoms with Gasteiger partial charge in [0.05, 0.1) is 17.7 Å². The lowest BCUT2D eigenvalue weighted by Gasteiger charge is -2.18. The van der Waals surface area contributed by atoms with Gasteiger partial charge >= 0.3 is 0 Å². The number of hydrogen-bond acceptors (Lipinski definition) is 4. The van der Waals surface area contributed by atoms with Crippen LogP contribution in [0.1, 0.15) is 12.6 Å². The highest BCUT2D eigenvalue weighted by Gasteiger charge is 2.11. The van der Waals surface area contributed by atoms with Gasteiger partial charge in [-0.15, -0.1) is 22.9 Å². The van der Waals surface area contributed by atoms with Crippen LogP contribution in [0.5, 0.6) is 0 Å². The van der Waals surface area contributed by atoms with E-state index in [9.17, 15) is 0 Å². The fourth-order valence-electron chi connectivity index (χ4n) is 1.24. The summed E-state index contributed by atoms with van der Waals surface area (Å²) < 4.78 is 4.99. The molecule has 1 unspecified atom stereocenters. The first-order valence-electron chi connectivity index (χ1n) is 4.96. The second-order valence-corrected chi connectivity index (χ2v) is 4.86. The van der Waals surface area contributed by atoms with Crippen molar-refractivity contribution in [2.75, 3.05) is 32.2 Å². The maximum atomic E-state index is 6.08. The van der Waals surface area contributed by atoms with Crippen molar-refractivity contribution in [3.8, 4) is 0 Å². The van der Waals surface area contributed by atoms with Crippen molar-refractivity contribution in [3.63, 3.8) is 0 Å². The van der Waals surface area contributed by atoms with E-state index in [0.29, 0.717) is 6.61 Å². The van der Waals surface area contributed by atoms with Crippen LogP contribution in [0.2, 0.25) is 0 Å². The SMILES string of the molecule is CCc1csc(N(C)CC(Cl)COC)n1. The van der Waals surface area contributed by atoms with Gasteiger partial charge in [0.15, 0.2) is 5.13 Å². The largest absolute Gasteiger partial charge is 0.383 e. The molecule has 15 heavy (non-hydrogen) atoms. The Bertz CT molecular complexity index is 293. The maximum Gasteiger partial charge on any atom is 0.185 e. The molecule has 86 valence electrons. The maximum absolute atomic E-state index is 6.08. The third-order valence-electron chi connectivity index (χ3n) is 2.05. The second-order valence-electron chi connectivity index (χ2n) is 3.41. The van der Waals surface area contributed by atoms with Crippen LogP contribution in [0.4, 0.5) is 5.13 Å². The topological polar surface area (TPSA) is 25.4 Å². The molecule has 5 heteroatoms. The number of nitrogens with zero attached hydrogens (tertiary/aromatic N) is 2. The van der Waals surface area contributed by atoms with E-state index in [1.807, 2.05) is 7.05 Å². The number of thiazole rings is 1. The number of ether oxygens (including phenoxy) is 1. The number of anilines is 1. The zero-order valence-electron chi connectivity index (χ0n) is 9.36. The molecule has 0 aromatic carbocycles. The monoisotopic (exact) mass is 248 g/mol. The van der Waals surface area contributed by atoms with Gasteiger partial charge < -0.3 is 9.64 Å². The molecule has 1 atom stereocenters. The molecule has 1 rings (SSSR count). The summed E-state index contributed by atoms with van der Waals surface area (Å²) in [5.41, 5.74) is 1.14. The number of hydrogen-bond donors (Lipinski definition) is 0. The minimum absolute atomic E-state index is 0.00831. The van der Waals surface area contributed by atoms with Crippen LogP contribution in [-0.4, -0.2) is 37.7 Å². The molecule has 0 saturated carbocycles. The first-order chi connectivity index (χ1) is 7.17. The molecule has 1 heterocycles. The number of methoxy groups -OCH3 is 1. The molecule has 0 bridgehead atoms. The van der Waals surface area contributed by atoms with Crippen molar-refractivity contribution < 1.29 is 4.74 Å². The van der Waals surface area contributed by atoms with Gasteiger partial charge in [0, 0.05) is 26.1 Å². The van der Waals surface area contributed by atoms with Crippen LogP contribution in [0.15, 0.2) is 5.38 Å². The Kier molecular flexibility index (Phi) is 5.36. The van der Waals surface area contributed by atoms with Crippen LogP contribution >= 0.6 is 22.9 Å². The normalized spacial score (nSPS) is 12.8. The average molecular weight is 249 g/mol. The van der Waals surface area contributed by atoms with E-state index in [-0.39, 0.29) is 5.38 Å². The Morgan fingerprint density at radius 3 is 2.93 bits per heavy atom. The van der Waals surface area contributed by atoms with Crippen molar-refractivity contribution in [1.82, 2.24) is 4.98 Å². The number of halogens is 1. The Balaban J connectivity index is 2.49. The summed E-state index contributed by atoms with van der Waals surface area (Å²) in [6, 6.07) is 0. The highest BCUT2D eigenvalue weighted by molar-refractivity contribution is 7.13. The smallest absolute Gasteiger partial charge is 0.185 e. The number of alkyl halides is 1. The number of aryl methyl sites for hydroxylation is 1. The lowest BCUT2D eigenvalue weighted by atomic mass is 10.4. The summed E-state index contributed by atoms with van der Waals surface area (Å²) in [7, 11) is 3.66. The molecule has 0 aliphatic heterocycles. The van der Waals surface area contributed by atoms with Crippen LogP contribution in [0.25, 0.3) is 0 Å². The second kappa shape index (κ2) is 6.30. The number of aromatic nitrogens is 1. The summed E-state index contributed by atoms with van der Waals surface area (Å²) >= 11 is 7.73. The van der Waals surface area contributed by atoms with E-state index >= 15 is 0 Å². The molecule has 3 nitrogen and oxygen atoms in total. The Labute approximate surface area is 100 Å². The van der Waals surface area contributed by atoms with Crippen LogP contribution in [0.3, 0.4) is 0 Å². The van der Waals surface area contributed by atoms with Crippen molar-refractivity contribution in [2.45, 2.75) is 18.7 Å². The summed E-state index contributed by atoms with van der Waals surface area (Å²) in [6.45, 7) is 3.43. The molecule has 0 fully saturated rings. The van der Waals surface area contributed by atoms with Gasteiger partial charge in [0.25, 0.3) is 0 Å². The van der Waals surface area contributed by atoms with Gasteiger partial charge in [-0.3, -0.25) is 0 Å². The predicted octanol–water partition coefficient (Wildman–Crippen LogP) is 2.40. The molecule has 0 aliphatic rings. The van der Waals surface area contributed by atoms with Crippen LogP contribution < -0.4 is 4.90 Å². The predicted molar refractivity (Wildman–Crippen MR) is 66.3 cm³/mol. The highest BCUT2D eigenvalue weighted by atomic mass is 35.5. The van der Waals surface area contributed by atoms with E-state index in [4.69, 9.17) is 16.3 Å². The fraction of sp³-hybridized carbons (Fsp3) is 0.700. The van der Waals surface area contributed by atoms with Crippen LogP contribution in [0, 0.1) is 0 Å². The standard InChI is InChI=1S/C10H17ClN2OS/c1-4-9-7-15-10(12-9)13(2)5-8(11)6-14-3/h7-8H,4-6H2,1-3H3. The molecule has 0 saturated heterocycles. The summed E-state index contributed by atoms with van der Waals surface area (Å²) in [6.07, 6.45) is 0.979. The molecule has 1 aromatic heterocycles. The minimum Gasteiger partial charge on any atom is -0.383 e. The quantitative estimate of drug-likeness (QED) is 0.723. The van der Waals surface area contributed by atoms with Gasteiger partial charge in [0.1, 0.15) is 0 Å². The third-order valence-corrected chi connectivity index (χ3v) is 3.32. The van der Waals surface area contributed by atoms with E-state index < -0.39 is 0 Å². The van der Waals surface area contributed by atoms with Crippen molar-refractivity contribution in [1.29, 1.82) is 0 Å². The zero-order chi connectivity index (χ0) is 11.3. The van der Waals surface area contributed by atoms with Gasteiger partial charge in [0.2, 0.25) is 0 Å². The van der Waals surface area contributed by atoms with E-state index in [1.165, 1.54) is 0 Å². The molecule has 0 aliphatic carbocycles.